The zero-order valence-corrected chi connectivity index (χ0v) is 13.1. The van der Waals surface area contributed by atoms with Gasteiger partial charge in [0.2, 0.25) is 0 Å². The minimum Gasteiger partial charge on any atom is -0.477 e. The SMILES string of the molecule is CCCN(CCN(C)C)C(=O)C1CNc2ccccc2O1. The number of rotatable bonds is 6. The second kappa shape index (κ2) is 7.31. The zero-order valence-electron chi connectivity index (χ0n) is 13.1. The second-order valence-corrected chi connectivity index (χ2v) is 5.61. The lowest BCUT2D eigenvalue weighted by Crippen LogP contribution is -2.48. The molecule has 2 rings (SSSR count). The van der Waals surface area contributed by atoms with Gasteiger partial charge in [-0.15, -0.1) is 0 Å². The van der Waals surface area contributed by atoms with Crippen LogP contribution in [0.1, 0.15) is 13.3 Å². The van der Waals surface area contributed by atoms with E-state index in [4.69, 9.17) is 4.74 Å². The van der Waals surface area contributed by atoms with Crippen LogP contribution in [0.25, 0.3) is 0 Å². The number of likely N-dealkylation sites (N-methyl/N-ethyl adjacent to an activating group) is 1. The van der Waals surface area contributed by atoms with E-state index in [-0.39, 0.29) is 5.91 Å². The summed E-state index contributed by atoms with van der Waals surface area (Å²) in [5.74, 6) is 0.826. The third-order valence-corrected chi connectivity index (χ3v) is 3.53. The standard InChI is InChI=1S/C16H25N3O2/c1-4-9-19(11-10-18(2)3)16(20)15-12-17-13-7-5-6-8-14(13)21-15/h5-8,15,17H,4,9-12H2,1-3H3. The van der Waals surface area contributed by atoms with Crippen LogP contribution in [0, 0.1) is 0 Å². The Bertz CT molecular complexity index is 476. The van der Waals surface area contributed by atoms with E-state index in [2.05, 4.69) is 17.1 Å². The average molecular weight is 291 g/mol. The number of anilines is 1. The molecule has 0 saturated carbocycles. The third kappa shape index (κ3) is 4.11. The van der Waals surface area contributed by atoms with E-state index in [0.29, 0.717) is 6.54 Å². The molecule has 0 bridgehead atoms. The number of hydrogen-bond donors (Lipinski definition) is 1. The Morgan fingerprint density at radius 2 is 2.05 bits per heavy atom. The van der Waals surface area contributed by atoms with Crippen molar-refractivity contribution in [1.29, 1.82) is 0 Å². The summed E-state index contributed by atoms with van der Waals surface area (Å²) in [6.45, 7) is 4.99. The highest BCUT2D eigenvalue weighted by Crippen LogP contribution is 2.28. The van der Waals surface area contributed by atoms with Crippen LogP contribution in [0.15, 0.2) is 24.3 Å². The van der Waals surface area contributed by atoms with E-state index in [9.17, 15) is 4.79 Å². The van der Waals surface area contributed by atoms with Crippen LogP contribution in [0.2, 0.25) is 0 Å². The monoisotopic (exact) mass is 291 g/mol. The molecule has 1 unspecified atom stereocenters. The Kier molecular flexibility index (Phi) is 5.44. The number of amides is 1. The Balaban J connectivity index is 2.01. The molecule has 0 saturated heterocycles. The number of carbonyl (C=O) groups is 1. The molecule has 1 aliphatic rings. The van der Waals surface area contributed by atoms with Gasteiger partial charge in [-0.3, -0.25) is 4.79 Å². The average Bonchev–Trinajstić information content (AvgIpc) is 2.50. The van der Waals surface area contributed by atoms with Crippen molar-refractivity contribution in [3.63, 3.8) is 0 Å². The molecule has 5 nitrogen and oxygen atoms in total. The largest absolute Gasteiger partial charge is 0.477 e. The van der Waals surface area contributed by atoms with Crippen LogP contribution in [0.5, 0.6) is 5.75 Å². The van der Waals surface area contributed by atoms with E-state index in [1.807, 2.05) is 43.3 Å². The number of fused-ring (bicyclic) bond motifs is 1. The fourth-order valence-corrected chi connectivity index (χ4v) is 2.38. The molecule has 0 aliphatic carbocycles. The molecule has 5 heteroatoms. The Morgan fingerprint density at radius 3 is 2.76 bits per heavy atom. The van der Waals surface area contributed by atoms with E-state index < -0.39 is 6.10 Å². The quantitative estimate of drug-likeness (QED) is 0.866. The summed E-state index contributed by atoms with van der Waals surface area (Å²) in [6, 6.07) is 7.73. The predicted octanol–water partition coefficient (Wildman–Crippen LogP) is 1.66. The molecule has 0 spiro atoms. The number of hydrogen-bond acceptors (Lipinski definition) is 4. The van der Waals surface area contributed by atoms with Crippen molar-refractivity contribution in [2.45, 2.75) is 19.4 Å². The Hall–Kier alpha value is -1.75. The van der Waals surface area contributed by atoms with Crippen molar-refractivity contribution in [3.05, 3.63) is 24.3 Å². The van der Waals surface area contributed by atoms with Gasteiger partial charge in [-0.05, 0) is 32.6 Å². The van der Waals surface area contributed by atoms with Gasteiger partial charge in [-0.1, -0.05) is 19.1 Å². The number of benzene rings is 1. The Morgan fingerprint density at radius 1 is 1.29 bits per heavy atom. The van der Waals surface area contributed by atoms with E-state index in [1.165, 1.54) is 0 Å². The number of ether oxygens (including phenoxy) is 1. The first-order valence-electron chi connectivity index (χ1n) is 7.55. The van der Waals surface area contributed by atoms with Crippen LogP contribution in [-0.4, -0.2) is 62.1 Å². The van der Waals surface area contributed by atoms with Crippen LogP contribution >= 0.6 is 0 Å². The lowest BCUT2D eigenvalue weighted by Gasteiger charge is -2.31. The van der Waals surface area contributed by atoms with Gasteiger partial charge in [0.05, 0.1) is 12.2 Å². The lowest BCUT2D eigenvalue weighted by molar-refractivity contribution is -0.138. The van der Waals surface area contributed by atoms with Crippen molar-refractivity contribution in [2.24, 2.45) is 0 Å². The molecule has 1 aromatic carbocycles. The van der Waals surface area contributed by atoms with Gasteiger partial charge in [0, 0.05) is 19.6 Å². The van der Waals surface area contributed by atoms with Crippen molar-refractivity contribution in [3.8, 4) is 5.75 Å². The predicted molar refractivity (Wildman–Crippen MR) is 84.8 cm³/mol. The summed E-state index contributed by atoms with van der Waals surface area (Å²) in [5, 5.41) is 3.27. The van der Waals surface area contributed by atoms with Gasteiger partial charge in [0.1, 0.15) is 5.75 Å². The maximum absolute atomic E-state index is 12.7. The van der Waals surface area contributed by atoms with Gasteiger partial charge in [0.15, 0.2) is 6.10 Å². The lowest BCUT2D eigenvalue weighted by atomic mass is 10.2. The minimum absolute atomic E-state index is 0.0701. The molecule has 1 amide bonds. The maximum Gasteiger partial charge on any atom is 0.265 e. The molecule has 116 valence electrons. The van der Waals surface area contributed by atoms with Crippen molar-refractivity contribution >= 4 is 11.6 Å². The number of para-hydroxylation sites is 2. The number of nitrogens with zero attached hydrogens (tertiary/aromatic N) is 2. The van der Waals surface area contributed by atoms with Gasteiger partial charge in [-0.25, -0.2) is 0 Å². The third-order valence-electron chi connectivity index (χ3n) is 3.53. The summed E-state index contributed by atoms with van der Waals surface area (Å²) in [5.41, 5.74) is 0.955. The van der Waals surface area contributed by atoms with Crippen LogP contribution in [0.4, 0.5) is 5.69 Å². The molecule has 0 fully saturated rings. The zero-order chi connectivity index (χ0) is 15.2. The number of nitrogens with one attached hydrogen (secondary N) is 1. The van der Waals surface area contributed by atoms with E-state index in [1.54, 1.807) is 0 Å². The molecule has 1 heterocycles. The summed E-state index contributed by atoms with van der Waals surface area (Å²) < 4.78 is 5.86. The summed E-state index contributed by atoms with van der Waals surface area (Å²) in [7, 11) is 4.03. The molecular weight excluding hydrogens is 266 g/mol. The van der Waals surface area contributed by atoms with E-state index in [0.717, 1.165) is 37.5 Å². The first-order chi connectivity index (χ1) is 10.1. The molecular formula is C16H25N3O2. The molecule has 0 radical (unpaired) electrons. The summed E-state index contributed by atoms with van der Waals surface area (Å²) in [6.07, 6.45) is 0.518. The summed E-state index contributed by atoms with van der Waals surface area (Å²) >= 11 is 0. The fourth-order valence-electron chi connectivity index (χ4n) is 2.38. The molecule has 1 N–H and O–H groups in total. The smallest absolute Gasteiger partial charge is 0.265 e. The van der Waals surface area contributed by atoms with Crippen LogP contribution in [0.3, 0.4) is 0 Å². The molecule has 1 atom stereocenters. The summed E-state index contributed by atoms with van der Waals surface area (Å²) in [4.78, 5) is 16.6. The highest BCUT2D eigenvalue weighted by molar-refractivity contribution is 5.83. The van der Waals surface area contributed by atoms with Crippen molar-refractivity contribution in [1.82, 2.24) is 9.80 Å². The van der Waals surface area contributed by atoms with Gasteiger partial charge < -0.3 is 19.9 Å². The van der Waals surface area contributed by atoms with E-state index >= 15 is 0 Å². The highest BCUT2D eigenvalue weighted by Gasteiger charge is 2.29. The maximum atomic E-state index is 12.7. The van der Waals surface area contributed by atoms with Crippen molar-refractivity contribution in [2.75, 3.05) is 45.6 Å². The first kappa shape index (κ1) is 15.6. The molecule has 21 heavy (non-hydrogen) atoms. The second-order valence-electron chi connectivity index (χ2n) is 5.61. The molecule has 1 aliphatic heterocycles. The number of carbonyl (C=O) groups excluding carboxylic acids is 1. The first-order valence-corrected chi connectivity index (χ1v) is 7.55. The van der Waals surface area contributed by atoms with Gasteiger partial charge in [0.25, 0.3) is 5.91 Å². The minimum atomic E-state index is -0.436. The topological polar surface area (TPSA) is 44.8 Å². The van der Waals surface area contributed by atoms with Gasteiger partial charge >= 0.3 is 0 Å². The van der Waals surface area contributed by atoms with Crippen LogP contribution < -0.4 is 10.1 Å². The Labute approximate surface area is 126 Å². The normalized spacial score (nSPS) is 16.9. The molecule has 1 aromatic rings. The van der Waals surface area contributed by atoms with Crippen LogP contribution in [-0.2, 0) is 4.79 Å². The van der Waals surface area contributed by atoms with Crippen molar-refractivity contribution < 1.29 is 9.53 Å². The van der Waals surface area contributed by atoms with Gasteiger partial charge in [-0.2, -0.15) is 0 Å². The molecule has 0 aromatic heterocycles. The highest BCUT2D eigenvalue weighted by atomic mass is 16.5. The fraction of sp³-hybridized carbons (Fsp3) is 0.562.